The van der Waals surface area contributed by atoms with Gasteiger partial charge in [0.25, 0.3) is 0 Å². The Bertz CT molecular complexity index is 3690. The summed E-state index contributed by atoms with van der Waals surface area (Å²) >= 11 is 0. The summed E-state index contributed by atoms with van der Waals surface area (Å²) < 4.78 is 0. The quantitative estimate of drug-likeness (QED) is 0.0852. The predicted molar refractivity (Wildman–Crippen MR) is 350 cm³/mol. The molecule has 8 aromatic carbocycles. The van der Waals surface area contributed by atoms with Gasteiger partial charge in [0.05, 0.1) is 22.7 Å². The van der Waals surface area contributed by atoms with Crippen LogP contribution in [0.1, 0.15) is 110 Å². The highest BCUT2D eigenvalue weighted by molar-refractivity contribution is 5.88. The number of aliphatic imine (C=N–C) groups is 5. The SMILES string of the molecule is Cc1cc(C)cc(N=Cc2cccc(C)c2O)c1.Cc1ccc(N=Cc2cccc(C)c2O)cc1.Cc1cccc(C=NC2CCCCC2)c1O.Cc1cccc(C=Nc2ccncc2)c1O.Cc1ccccc1N=Cc1cccc(C)c1O. The molecule has 0 bridgehead atoms. The molecule has 1 aliphatic carbocycles. The van der Waals surface area contributed by atoms with E-state index in [0.717, 1.165) is 83.9 Å². The van der Waals surface area contributed by atoms with Crippen LogP contribution in [0.5, 0.6) is 28.7 Å². The molecule has 0 atom stereocenters. The molecule has 5 N–H and O–H groups in total. The molecule has 1 fully saturated rings. The lowest BCUT2D eigenvalue weighted by Gasteiger charge is -2.17. The average Bonchev–Trinajstić information content (AvgIpc) is 3.61. The molecule has 430 valence electrons. The fraction of sp³-hybridized carbons (Fsp3) is 0.205. The molecule has 11 nitrogen and oxygen atoms in total. The first-order valence-corrected chi connectivity index (χ1v) is 28.2. The van der Waals surface area contributed by atoms with Gasteiger partial charge in [-0.2, -0.15) is 0 Å². The van der Waals surface area contributed by atoms with Gasteiger partial charge in [-0.3, -0.25) is 29.9 Å². The van der Waals surface area contributed by atoms with Gasteiger partial charge in [0, 0.05) is 77.3 Å². The maximum atomic E-state index is 9.89. The molecule has 1 heterocycles. The number of hydrogen-bond donors (Lipinski definition) is 5. The van der Waals surface area contributed by atoms with Crippen molar-refractivity contribution in [3.63, 3.8) is 0 Å². The van der Waals surface area contributed by atoms with Crippen LogP contribution < -0.4 is 0 Å². The van der Waals surface area contributed by atoms with E-state index in [1.54, 1.807) is 37.3 Å². The first-order valence-electron chi connectivity index (χ1n) is 28.2. The minimum atomic E-state index is 0.278. The van der Waals surface area contributed by atoms with E-state index < -0.39 is 0 Å². The van der Waals surface area contributed by atoms with Crippen molar-refractivity contribution in [2.24, 2.45) is 25.0 Å². The molecule has 0 radical (unpaired) electrons. The molecule has 0 saturated heterocycles. The van der Waals surface area contributed by atoms with Gasteiger partial charge in [-0.1, -0.05) is 122 Å². The van der Waals surface area contributed by atoms with Crippen LogP contribution in [0.2, 0.25) is 0 Å². The van der Waals surface area contributed by atoms with E-state index in [-0.39, 0.29) is 5.75 Å². The Labute approximate surface area is 496 Å². The summed E-state index contributed by atoms with van der Waals surface area (Å²) in [6.07, 6.45) is 18.3. The number of para-hydroxylation sites is 6. The van der Waals surface area contributed by atoms with Crippen molar-refractivity contribution in [2.75, 3.05) is 0 Å². The minimum absolute atomic E-state index is 0.278. The minimum Gasteiger partial charge on any atom is -0.507 e. The molecule has 1 aromatic heterocycles. The number of nitrogens with zero attached hydrogens (tertiary/aromatic N) is 6. The predicted octanol–water partition coefficient (Wildman–Crippen LogP) is 17.9. The number of aryl methyl sites for hydroxylation is 9. The largest absolute Gasteiger partial charge is 0.507 e. The van der Waals surface area contributed by atoms with Crippen molar-refractivity contribution in [3.8, 4) is 28.7 Å². The van der Waals surface area contributed by atoms with E-state index in [2.05, 4.69) is 49.9 Å². The number of hydrogen-bond acceptors (Lipinski definition) is 11. The van der Waals surface area contributed by atoms with Crippen LogP contribution in [0.3, 0.4) is 0 Å². The number of aromatic hydroxyl groups is 5. The molecule has 0 spiro atoms. The zero-order valence-electron chi connectivity index (χ0n) is 49.7. The van der Waals surface area contributed by atoms with Crippen molar-refractivity contribution in [2.45, 2.75) is 100 Å². The lowest BCUT2D eigenvalue weighted by molar-refractivity contribution is 0.444. The summed E-state index contributed by atoms with van der Waals surface area (Å²) in [4.78, 5) is 25.9. The molecular formula is C73H78N6O5. The molecule has 11 heteroatoms. The van der Waals surface area contributed by atoms with E-state index in [1.165, 1.54) is 48.8 Å². The number of rotatable bonds is 10. The lowest BCUT2D eigenvalue weighted by atomic mass is 9.96. The number of aromatic nitrogens is 1. The molecule has 0 aliphatic heterocycles. The van der Waals surface area contributed by atoms with Crippen LogP contribution in [-0.2, 0) is 0 Å². The summed E-state index contributed by atoms with van der Waals surface area (Å²) in [6.45, 7) is 17.6. The second-order valence-electron chi connectivity index (χ2n) is 20.8. The summed E-state index contributed by atoms with van der Waals surface area (Å²) in [6, 6.07) is 54.4. The third kappa shape index (κ3) is 20.4. The molecule has 1 aliphatic rings. The zero-order valence-corrected chi connectivity index (χ0v) is 49.7. The van der Waals surface area contributed by atoms with E-state index in [9.17, 15) is 25.5 Å². The summed E-state index contributed by atoms with van der Waals surface area (Å²) in [5.74, 6) is 1.53. The lowest BCUT2D eigenvalue weighted by Crippen LogP contribution is -2.09. The van der Waals surface area contributed by atoms with Crippen molar-refractivity contribution in [1.29, 1.82) is 0 Å². The fourth-order valence-electron chi connectivity index (χ4n) is 8.71. The Morgan fingerprint density at radius 3 is 1.11 bits per heavy atom. The summed E-state index contributed by atoms with van der Waals surface area (Å²) in [7, 11) is 0. The van der Waals surface area contributed by atoms with Gasteiger partial charge in [-0.25, -0.2) is 0 Å². The Morgan fingerprint density at radius 2 is 0.690 bits per heavy atom. The number of pyridine rings is 1. The van der Waals surface area contributed by atoms with Crippen LogP contribution in [0, 0.1) is 62.3 Å². The molecular weight excluding hydrogens is 1040 g/mol. The standard InChI is InChI=1S/C16H17NO.2C15H15NO.C14H19NO.C13H12N2O/c1-11-7-12(2)9-15(8-11)17-10-14-6-4-5-13(3)16(14)18;1-11-6-3-4-9-14(11)16-10-13-8-5-7-12(2)15(13)17;1-11-6-8-14(9-7-11)16-10-13-5-3-4-12(2)15(13)17;1-11-6-5-7-12(14(11)16)10-15-13-8-3-2-4-9-13;1-10-3-2-4-11(13(10)16)9-15-12-5-7-14-8-6-12/h4-10,18H,1-3H3;2*3-10,17H,1-2H3;5-7,10,13,16H,2-4,8-9H2,1H3;2-9,16H,1H3. The van der Waals surface area contributed by atoms with E-state index in [4.69, 9.17) is 0 Å². The normalized spacial score (nSPS) is 12.3. The molecule has 84 heavy (non-hydrogen) atoms. The highest BCUT2D eigenvalue weighted by Crippen LogP contribution is 2.27. The van der Waals surface area contributed by atoms with Crippen LogP contribution in [0.25, 0.3) is 0 Å². The van der Waals surface area contributed by atoms with Gasteiger partial charge in [-0.05, 0) is 192 Å². The van der Waals surface area contributed by atoms with Gasteiger partial charge in [0.15, 0.2) is 0 Å². The van der Waals surface area contributed by atoms with E-state index in [1.807, 2.05) is 218 Å². The molecule has 1 saturated carbocycles. The Kier molecular flexibility index (Phi) is 24.7. The van der Waals surface area contributed by atoms with Gasteiger partial charge in [0.1, 0.15) is 28.7 Å². The second kappa shape index (κ2) is 32.6. The van der Waals surface area contributed by atoms with Gasteiger partial charge >= 0.3 is 0 Å². The topological polar surface area (TPSA) is 176 Å². The highest BCUT2D eigenvalue weighted by Gasteiger charge is 2.12. The van der Waals surface area contributed by atoms with Crippen molar-refractivity contribution in [1.82, 2.24) is 4.98 Å². The second-order valence-corrected chi connectivity index (χ2v) is 20.8. The van der Waals surface area contributed by atoms with Crippen LogP contribution in [0.15, 0.2) is 207 Å². The fourth-order valence-corrected chi connectivity index (χ4v) is 8.71. The van der Waals surface area contributed by atoms with Crippen LogP contribution >= 0.6 is 0 Å². The van der Waals surface area contributed by atoms with Crippen molar-refractivity contribution in [3.05, 3.63) is 260 Å². The summed E-state index contributed by atoms with van der Waals surface area (Å²) in [5.41, 5.74) is 16.4. The number of phenols is 5. The third-order valence-corrected chi connectivity index (χ3v) is 13.8. The molecule has 0 unspecified atom stereocenters. The Morgan fingerprint density at radius 1 is 0.333 bits per heavy atom. The Hall–Kier alpha value is -9.74. The third-order valence-electron chi connectivity index (χ3n) is 13.8. The smallest absolute Gasteiger partial charge is 0.127 e. The maximum Gasteiger partial charge on any atom is 0.127 e. The molecule has 10 rings (SSSR count). The molecule has 9 aromatic rings. The van der Waals surface area contributed by atoms with E-state index in [0.29, 0.717) is 29.0 Å². The van der Waals surface area contributed by atoms with Gasteiger partial charge in [0.2, 0.25) is 0 Å². The maximum absolute atomic E-state index is 9.89. The van der Waals surface area contributed by atoms with Crippen LogP contribution in [-0.4, -0.2) is 67.6 Å². The number of benzene rings is 8. The van der Waals surface area contributed by atoms with Crippen molar-refractivity contribution < 1.29 is 25.5 Å². The number of phenolic OH excluding ortho intramolecular Hbond substituents is 5. The first kappa shape index (κ1) is 63.4. The molecule has 0 amide bonds. The average molecular weight is 1120 g/mol. The first-order chi connectivity index (χ1) is 40.4. The monoisotopic (exact) mass is 1120 g/mol. The zero-order chi connectivity index (χ0) is 60.4. The van der Waals surface area contributed by atoms with Crippen LogP contribution in [0.4, 0.5) is 22.7 Å². The van der Waals surface area contributed by atoms with Gasteiger partial charge < -0.3 is 25.5 Å². The highest BCUT2D eigenvalue weighted by atomic mass is 16.3. The van der Waals surface area contributed by atoms with Crippen molar-refractivity contribution >= 4 is 53.8 Å². The Balaban J connectivity index is 0.000000168. The van der Waals surface area contributed by atoms with Gasteiger partial charge in [-0.15, -0.1) is 0 Å². The summed E-state index contributed by atoms with van der Waals surface area (Å²) in [5, 5.41) is 49.2. The van der Waals surface area contributed by atoms with E-state index >= 15 is 0 Å².